The molecule has 21 heavy (non-hydrogen) atoms. The molecule has 0 aliphatic heterocycles. The summed E-state index contributed by atoms with van der Waals surface area (Å²) < 4.78 is 29.3. The van der Waals surface area contributed by atoms with Crippen molar-refractivity contribution in [3.63, 3.8) is 0 Å². The predicted molar refractivity (Wildman–Crippen MR) is 85.0 cm³/mol. The number of thiophene rings is 1. The minimum atomic E-state index is -3.23. The number of rotatable bonds is 4. The first-order valence-electron chi connectivity index (χ1n) is 6.42. The number of aromatic nitrogens is 1. The van der Waals surface area contributed by atoms with E-state index in [1.807, 2.05) is 22.9 Å². The fourth-order valence-electron chi connectivity index (χ4n) is 1.89. The summed E-state index contributed by atoms with van der Waals surface area (Å²) in [6.45, 7) is 1.62. The van der Waals surface area contributed by atoms with E-state index in [1.54, 1.807) is 42.5 Å². The van der Waals surface area contributed by atoms with E-state index in [4.69, 9.17) is 4.42 Å². The van der Waals surface area contributed by atoms with Gasteiger partial charge in [0.2, 0.25) is 5.89 Å². The van der Waals surface area contributed by atoms with Crippen LogP contribution in [0.25, 0.3) is 23.3 Å². The van der Waals surface area contributed by atoms with Crippen molar-refractivity contribution in [2.45, 2.75) is 11.8 Å². The summed E-state index contributed by atoms with van der Waals surface area (Å²) in [4.78, 5) is 4.58. The zero-order valence-corrected chi connectivity index (χ0v) is 12.9. The molecule has 4 nitrogen and oxygen atoms in total. The Kier molecular flexibility index (Phi) is 3.65. The summed E-state index contributed by atoms with van der Waals surface area (Å²) in [5.41, 5.74) is 2.21. The van der Waals surface area contributed by atoms with Crippen LogP contribution in [0.3, 0.4) is 0 Å². The third kappa shape index (κ3) is 2.91. The SMILES string of the molecule is CCS(=O)(=O)c1ccc2oc(/C=C/c3ccsc3)nc2c1. The molecule has 0 radical (unpaired) electrons. The van der Waals surface area contributed by atoms with Gasteiger partial charge in [-0.05, 0) is 46.7 Å². The molecule has 0 amide bonds. The van der Waals surface area contributed by atoms with Gasteiger partial charge in [0, 0.05) is 6.08 Å². The Labute approximate surface area is 126 Å². The van der Waals surface area contributed by atoms with Gasteiger partial charge < -0.3 is 4.42 Å². The molecule has 0 atom stereocenters. The molecule has 0 spiro atoms. The highest BCUT2D eigenvalue weighted by atomic mass is 32.2. The van der Waals surface area contributed by atoms with Crippen molar-refractivity contribution in [1.82, 2.24) is 4.98 Å². The standard InChI is InChI=1S/C15H13NO3S2/c1-2-21(17,18)12-4-5-14-13(9-12)16-15(19-14)6-3-11-7-8-20-10-11/h3-10H,2H2,1H3/b6-3+. The summed E-state index contributed by atoms with van der Waals surface area (Å²) in [7, 11) is -3.23. The average Bonchev–Trinajstić information content (AvgIpc) is 3.13. The van der Waals surface area contributed by atoms with Crippen molar-refractivity contribution < 1.29 is 12.8 Å². The molecule has 0 bridgehead atoms. The van der Waals surface area contributed by atoms with Gasteiger partial charge in [-0.2, -0.15) is 11.3 Å². The van der Waals surface area contributed by atoms with Crippen LogP contribution >= 0.6 is 11.3 Å². The molecule has 0 saturated heterocycles. The molecule has 6 heteroatoms. The third-order valence-electron chi connectivity index (χ3n) is 3.08. The maximum absolute atomic E-state index is 11.9. The van der Waals surface area contributed by atoms with Crippen molar-refractivity contribution in [2.75, 3.05) is 5.75 Å². The van der Waals surface area contributed by atoms with Crippen molar-refractivity contribution in [1.29, 1.82) is 0 Å². The van der Waals surface area contributed by atoms with Gasteiger partial charge in [0.15, 0.2) is 15.4 Å². The van der Waals surface area contributed by atoms with Gasteiger partial charge in [0.1, 0.15) is 5.52 Å². The second-order valence-electron chi connectivity index (χ2n) is 4.48. The lowest BCUT2D eigenvalue weighted by Crippen LogP contribution is -2.03. The van der Waals surface area contributed by atoms with E-state index >= 15 is 0 Å². The van der Waals surface area contributed by atoms with Gasteiger partial charge in [-0.25, -0.2) is 13.4 Å². The number of benzene rings is 1. The highest BCUT2D eigenvalue weighted by Gasteiger charge is 2.13. The molecule has 108 valence electrons. The van der Waals surface area contributed by atoms with E-state index in [-0.39, 0.29) is 10.6 Å². The van der Waals surface area contributed by atoms with Gasteiger partial charge in [-0.1, -0.05) is 6.92 Å². The maximum atomic E-state index is 11.9. The number of nitrogens with zero attached hydrogens (tertiary/aromatic N) is 1. The van der Waals surface area contributed by atoms with Crippen LogP contribution in [-0.4, -0.2) is 19.2 Å². The van der Waals surface area contributed by atoms with Crippen molar-refractivity contribution in [3.8, 4) is 0 Å². The molecule has 0 aliphatic carbocycles. The quantitative estimate of drug-likeness (QED) is 0.733. The largest absolute Gasteiger partial charge is 0.437 e. The molecular weight excluding hydrogens is 306 g/mol. The molecule has 0 unspecified atom stereocenters. The number of oxazole rings is 1. The molecule has 2 heterocycles. The molecule has 0 N–H and O–H groups in total. The molecule has 0 saturated carbocycles. The summed E-state index contributed by atoms with van der Waals surface area (Å²) in [6.07, 6.45) is 3.68. The van der Waals surface area contributed by atoms with Crippen LogP contribution < -0.4 is 0 Å². The number of sulfone groups is 1. The fourth-order valence-corrected chi connectivity index (χ4v) is 3.42. The van der Waals surface area contributed by atoms with Crippen LogP contribution in [0, 0.1) is 0 Å². The molecular formula is C15H13NO3S2. The van der Waals surface area contributed by atoms with Crippen molar-refractivity contribution in [2.24, 2.45) is 0 Å². The Morgan fingerprint density at radius 3 is 2.86 bits per heavy atom. The highest BCUT2D eigenvalue weighted by molar-refractivity contribution is 7.91. The Bertz CT molecular complexity index is 890. The predicted octanol–water partition coefficient (Wildman–Crippen LogP) is 3.85. The van der Waals surface area contributed by atoms with Crippen molar-refractivity contribution >= 4 is 44.4 Å². The number of hydrogen-bond acceptors (Lipinski definition) is 5. The summed E-state index contributed by atoms with van der Waals surface area (Å²) >= 11 is 1.62. The van der Waals surface area contributed by atoms with Crippen LogP contribution in [0.15, 0.2) is 44.3 Å². The Morgan fingerprint density at radius 1 is 1.29 bits per heavy atom. The highest BCUT2D eigenvalue weighted by Crippen LogP contribution is 2.22. The van der Waals surface area contributed by atoms with E-state index in [2.05, 4.69) is 4.98 Å². The van der Waals surface area contributed by atoms with Gasteiger partial charge in [-0.3, -0.25) is 0 Å². The summed E-state index contributed by atoms with van der Waals surface area (Å²) in [5, 5.41) is 4.01. The van der Waals surface area contributed by atoms with E-state index in [0.29, 0.717) is 17.0 Å². The van der Waals surface area contributed by atoms with E-state index < -0.39 is 9.84 Å². The lowest BCUT2D eigenvalue weighted by Gasteiger charge is -1.99. The van der Waals surface area contributed by atoms with Crippen molar-refractivity contribution in [3.05, 3.63) is 46.5 Å². The smallest absolute Gasteiger partial charge is 0.220 e. The average molecular weight is 319 g/mol. The summed E-state index contributed by atoms with van der Waals surface area (Å²) in [5.74, 6) is 0.531. The second kappa shape index (κ2) is 5.46. The normalized spacial score (nSPS) is 12.4. The monoisotopic (exact) mass is 319 g/mol. The lowest BCUT2D eigenvalue weighted by molar-refractivity contribution is 0.589. The molecule has 3 aromatic rings. The fraction of sp³-hybridized carbons (Fsp3) is 0.133. The van der Waals surface area contributed by atoms with E-state index in [0.717, 1.165) is 5.56 Å². The second-order valence-corrected chi connectivity index (χ2v) is 7.53. The Balaban J connectivity index is 1.97. The zero-order chi connectivity index (χ0) is 14.9. The maximum Gasteiger partial charge on any atom is 0.220 e. The van der Waals surface area contributed by atoms with Gasteiger partial charge >= 0.3 is 0 Å². The van der Waals surface area contributed by atoms with Gasteiger partial charge in [0.05, 0.1) is 10.6 Å². The number of hydrogen-bond donors (Lipinski definition) is 0. The molecule has 2 aromatic heterocycles. The van der Waals surface area contributed by atoms with Crippen LogP contribution in [-0.2, 0) is 9.84 Å². The topological polar surface area (TPSA) is 60.2 Å². The van der Waals surface area contributed by atoms with Crippen LogP contribution in [0.5, 0.6) is 0 Å². The first-order chi connectivity index (χ1) is 10.1. The van der Waals surface area contributed by atoms with Gasteiger partial charge in [-0.15, -0.1) is 0 Å². The Hall–Kier alpha value is -1.92. The third-order valence-corrected chi connectivity index (χ3v) is 5.51. The zero-order valence-electron chi connectivity index (χ0n) is 11.3. The van der Waals surface area contributed by atoms with Crippen LogP contribution in [0.1, 0.15) is 18.4 Å². The number of fused-ring (bicyclic) bond motifs is 1. The van der Waals surface area contributed by atoms with E-state index in [9.17, 15) is 8.42 Å². The van der Waals surface area contributed by atoms with Gasteiger partial charge in [0.25, 0.3) is 0 Å². The minimum Gasteiger partial charge on any atom is -0.437 e. The molecule has 3 rings (SSSR count). The Morgan fingerprint density at radius 2 is 2.14 bits per heavy atom. The van der Waals surface area contributed by atoms with Crippen LogP contribution in [0.2, 0.25) is 0 Å². The first-order valence-corrected chi connectivity index (χ1v) is 9.01. The molecule has 1 aromatic carbocycles. The molecule has 0 fully saturated rings. The lowest BCUT2D eigenvalue weighted by atomic mass is 10.3. The van der Waals surface area contributed by atoms with E-state index in [1.165, 1.54) is 0 Å². The molecule has 0 aliphatic rings. The first kappa shape index (κ1) is 14.0. The summed E-state index contributed by atoms with van der Waals surface area (Å²) in [6, 6.07) is 6.75. The van der Waals surface area contributed by atoms with Crippen LogP contribution in [0.4, 0.5) is 0 Å². The minimum absolute atomic E-state index is 0.0707.